The molecule has 1 aliphatic heterocycles. The van der Waals surface area contributed by atoms with Crippen LogP contribution in [0.5, 0.6) is 0 Å². The van der Waals surface area contributed by atoms with Crippen LogP contribution < -0.4 is 10.6 Å². The van der Waals surface area contributed by atoms with Crippen molar-refractivity contribution in [1.82, 2.24) is 10.2 Å². The summed E-state index contributed by atoms with van der Waals surface area (Å²) < 4.78 is 38.9. The molecule has 1 aromatic carbocycles. The molecule has 2 rings (SSSR count). The van der Waals surface area contributed by atoms with Gasteiger partial charge in [0.25, 0.3) is 0 Å². The fraction of sp³-hybridized carbons (Fsp3) is 0.588. The molecule has 0 unspecified atom stereocenters. The lowest BCUT2D eigenvalue weighted by Gasteiger charge is -2.29. The second kappa shape index (κ2) is 8.48. The van der Waals surface area contributed by atoms with E-state index in [2.05, 4.69) is 10.6 Å². The average Bonchev–Trinajstić information content (AvgIpc) is 2.54. The largest absolute Gasteiger partial charge is 0.418 e. The van der Waals surface area contributed by atoms with Crippen molar-refractivity contribution < 1.29 is 18.0 Å². The molecule has 4 nitrogen and oxygen atoms in total. The molecule has 0 radical (unpaired) electrons. The van der Waals surface area contributed by atoms with Gasteiger partial charge >= 0.3 is 6.18 Å². The smallest absolute Gasteiger partial charge is 0.324 e. The third-order valence-electron chi connectivity index (χ3n) is 4.30. The molecule has 0 aromatic heterocycles. The van der Waals surface area contributed by atoms with E-state index in [0.717, 1.165) is 38.5 Å². The van der Waals surface area contributed by atoms with Gasteiger partial charge in [-0.15, -0.1) is 0 Å². The number of hydrogen-bond acceptors (Lipinski definition) is 3. The highest BCUT2D eigenvalue weighted by Gasteiger charge is 2.33. The van der Waals surface area contributed by atoms with Crippen LogP contribution in [-0.2, 0) is 11.0 Å². The fourth-order valence-electron chi connectivity index (χ4n) is 2.97. The normalized spacial score (nSPS) is 16.4. The summed E-state index contributed by atoms with van der Waals surface area (Å²) >= 11 is 0. The third kappa shape index (κ3) is 5.49. The molecule has 1 saturated heterocycles. The Morgan fingerprint density at radius 3 is 2.58 bits per heavy atom. The first-order valence-electron chi connectivity index (χ1n) is 8.29. The van der Waals surface area contributed by atoms with Gasteiger partial charge in [-0.1, -0.05) is 19.1 Å². The van der Waals surface area contributed by atoms with E-state index in [4.69, 9.17) is 0 Å². The Labute approximate surface area is 140 Å². The van der Waals surface area contributed by atoms with Crippen molar-refractivity contribution in [2.45, 2.75) is 25.9 Å². The van der Waals surface area contributed by atoms with Crippen LogP contribution in [0.15, 0.2) is 24.3 Å². The molecule has 24 heavy (non-hydrogen) atoms. The number of halogens is 3. The lowest BCUT2D eigenvalue weighted by Crippen LogP contribution is -2.39. The maximum absolute atomic E-state index is 13.0. The van der Waals surface area contributed by atoms with Crippen molar-refractivity contribution in [2.24, 2.45) is 5.92 Å². The SMILES string of the molecule is CCN(CC(=O)Nc1ccccc1C(F)(F)F)CC1CCNCC1. The van der Waals surface area contributed by atoms with Crippen molar-refractivity contribution in [1.29, 1.82) is 0 Å². The number of para-hydroxylation sites is 1. The molecule has 1 heterocycles. The van der Waals surface area contributed by atoms with Gasteiger partial charge in [-0.2, -0.15) is 13.2 Å². The van der Waals surface area contributed by atoms with E-state index in [-0.39, 0.29) is 12.2 Å². The van der Waals surface area contributed by atoms with Crippen molar-refractivity contribution >= 4 is 11.6 Å². The Bertz CT molecular complexity index is 542. The fourth-order valence-corrected chi connectivity index (χ4v) is 2.97. The van der Waals surface area contributed by atoms with E-state index in [9.17, 15) is 18.0 Å². The van der Waals surface area contributed by atoms with Crippen LogP contribution in [0.25, 0.3) is 0 Å². The zero-order valence-corrected chi connectivity index (χ0v) is 13.8. The highest BCUT2D eigenvalue weighted by molar-refractivity contribution is 5.93. The summed E-state index contributed by atoms with van der Waals surface area (Å²) in [4.78, 5) is 14.2. The van der Waals surface area contributed by atoms with Crippen molar-refractivity contribution in [2.75, 3.05) is 38.0 Å². The van der Waals surface area contributed by atoms with Crippen LogP contribution in [0, 0.1) is 5.92 Å². The number of likely N-dealkylation sites (N-methyl/N-ethyl adjacent to an activating group) is 1. The van der Waals surface area contributed by atoms with Crippen LogP contribution in [0.1, 0.15) is 25.3 Å². The van der Waals surface area contributed by atoms with Crippen LogP contribution in [0.4, 0.5) is 18.9 Å². The summed E-state index contributed by atoms with van der Waals surface area (Å²) in [6.07, 6.45) is -2.35. The van der Waals surface area contributed by atoms with Crippen LogP contribution in [0.2, 0.25) is 0 Å². The van der Waals surface area contributed by atoms with E-state index in [1.807, 2.05) is 11.8 Å². The molecular formula is C17H24F3N3O. The molecule has 0 atom stereocenters. The van der Waals surface area contributed by atoms with Gasteiger partial charge in [0.2, 0.25) is 5.91 Å². The minimum atomic E-state index is -4.48. The number of alkyl halides is 3. The van der Waals surface area contributed by atoms with Gasteiger partial charge in [-0.3, -0.25) is 9.69 Å². The first-order chi connectivity index (χ1) is 11.4. The van der Waals surface area contributed by atoms with Crippen molar-refractivity contribution in [3.05, 3.63) is 29.8 Å². The second-order valence-corrected chi connectivity index (χ2v) is 6.11. The minimum absolute atomic E-state index is 0.104. The highest BCUT2D eigenvalue weighted by atomic mass is 19.4. The lowest BCUT2D eigenvalue weighted by atomic mass is 9.97. The molecule has 1 fully saturated rings. The van der Waals surface area contributed by atoms with Gasteiger partial charge < -0.3 is 10.6 Å². The summed E-state index contributed by atoms with van der Waals surface area (Å²) in [6, 6.07) is 5.05. The molecule has 1 amide bonds. The van der Waals surface area contributed by atoms with E-state index in [0.29, 0.717) is 12.5 Å². The highest BCUT2D eigenvalue weighted by Crippen LogP contribution is 2.34. The summed E-state index contributed by atoms with van der Waals surface area (Å²) in [5.74, 6) is 0.115. The summed E-state index contributed by atoms with van der Waals surface area (Å²) in [6.45, 7) is 5.51. The van der Waals surface area contributed by atoms with Gasteiger partial charge in [-0.25, -0.2) is 0 Å². The van der Waals surface area contributed by atoms with E-state index < -0.39 is 17.6 Å². The van der Waals surface area contributed by atoms with Crippen LogP contribution in [0.3, 0.4) is 0 Å². The van der Waals surface area contributed by atoms with Crippen molar-refractivity contribution in [3.8, 4) is 0 Å². The number of amides is 1. The minimum Gasteiger partial charge on any atom is -0.324 e. The topological polar surface area (TPSA) is 44.4 Å². The molecule has 1 aliphatic rings. The van der Waals surface area contributed by atoms with Gasteiger partial charge in [0, 0.05) is 6.54 Å². The monoisotopic (exact) mass is 343 g/mol. The number of anilines is 1. The lowest BCUT2D eigenvalue weighted by molar-refractivity contribution is -0.137. The Hall–Kier alpha value is -1.60. The number of benzene rings is 1. The molecule has 0 spiro atoms. The number of piperidine rings is 1. The van der Waals surface area contributed by atoms with Gasteiger partial charge in [0.15, 0.2) is 0 Å². The Kier molecular flexibility index (Phi) is 6.62. The third-order valence-corrected chi connectivity index (χ3v) is 4.30. The molecule has 0 saturated carbocycles. The number of rotatable bonds is 6. The van der Waals surface area contributed by atoms with E-state index in [1.54, 1.807) is 0 Å². The molecule has 0 aliphatic carbocycles. The maximum atomic E-state index is 13.0. The number of nitrogens with zero attached hydrogens (tertiary/aromatic N) is 1. The van der Waals surface area contributed by atoms with Gasteiger partial charge in [0.05, 0.1) is 17.8 Å². The molecular weight excluding hydrogens is 319 g/mol. The van der Waals surface area contributed by atoms with Gasteiger partial charge in [0.1, 0.15) is 0 Å². The van der Waals surface area contributed by atoms with Crippen molar-refractivity contribution in [3.63, 3.8) is 0 Å². The second-order valence-electron chi connectivity index (χ2n) is 6.11. The number of carbonyl (C=O) groups is 1. The summed E-state index contributed by atoms with van der Waals surface area (Å²) in [7, 11) is 0. The quantitative estimate of drug-likeness (QED) is 0.835. The number of nitrogens with one attached hydrogen (secondary N) is 2. The molecule has 134 valence electrons. The van der Waals surface area contributed by atoms with E-state index in [1.165, 1.54) is 18.2 Å². The standard InChI is InChI=1S/C17H24F3N3O/c1-2-23(11-13-7-9-21-10-8-13)12-16(24)22-15-6-4-3-5-14(15)17(18,19)20/h3-6,13,21H,2,7-12H2,1H3,(H,22,24). The Balaban J connectivity index is 1.94. The zero-order chi connectivity index (χ0) is 17.6. The molecule has 0 bridgehead atoms. The molecule has 1 aromatic rings. The maximum Gasteiger partial charge on any atom is 0.418 e. The molecule has 7 heteroatoms. The van der Waals surface area contributed by atoms with Crippen LogP contribution in [-0.4, -0.2) is 43.5 Å². The van der Waals surface area contributed by atoms with Crippen LogP contribution >= 0.6 is 0 Å². The predicted octanol–water partition coefficient (Wildman–Crippen LogP) is 2.97. The molecule has 2 N–H and O–H groups in total. The Morgan fingerprint density at radius 1 is 1.29 bits per heavy atom. The van der Waals surface area contributed by atoms with Gasteiger partial charge in [-0.05, 0) is 50.5 Å². The first-order valence-corrected chi connectivity index (χ1v) is 8.29. The summed E-state index contributed by atoms with van der Waals surface area (Å²) in [5.41, 5.74) is -1.01. The number of hydrogen-bond donors (Lipinski definition) is 2. The average molecular weight is 343 g/mol. The predicted molar refractivity (Wildman–Crippen MR) is 87.8 cm³/mol. The first kappa shape index (κ1) is 18.7. The zero-order valence-electron chi connectivity index (χ0n) is 13.8. The number of carbonyl (C=O) groups excluding carboxylic acids is 1. The van der Waals surface area contributed by atoms with E-state index >= 15 is 0 Å². The summed E-state index contributed by atoms with van der Waals surface area (Å²) in [5, 5.41) is 5.70. The Morgan fingerprint density at radius 2 is 1.96 bits per heavy atom.